The van der Waals surface area contributed by atoms with E-state index in [4.69, 9.17) is 35.3 Å². The molecule has 0 spiro atoms. The van der Waals surface area contributed by atoms with E-state index >= 15 is 0 Å². The van der Waals surface area contributed by atoms with Gasteiger partial charge < -0.3 is 38.8 Å². The Labute approximate surface area is 339 Å². The summed E-state index contributed by atoms with van der Waals surface area (Å²) in [7, 11) is 4.71. The lowest BCUT2D eigenvalue weighted by atomic mass is 9.82. The Morgan fingerprint density at radius 2 is 1.62 bits per heavy atom. The molecule has 0 aromatic heterocycles. The summed E-state index contributed by atoms with van der Waals surface area (Å²) in [6, 6.07) is -1.12. The maximum atomic E-state index is 14.3. The number of rotatable bonds is 6. The number of carbonyl (C=O) groups excluding carboxylic acids is 4. The van der Waals surface area contributed by atoms with Crippen molar-refractivity contribution in [3.05, 3.63) is 23.3 Å². The molecule has 2 saturated heterocycles. The molecule has 1 unspecified atom stereocenters. The number of allylic oxidation sites excluding steroid dienone is 3. The van der Waals surface area contributed by atoms with Crippen LogP contribution in [0.3, 0.4) is 0 Å². The van der Waals surface area contributed by atoms with Crippen molar-refractivity contribution in [2.45, 2.75) is 166 Å². The van der Waals surface area contributed by atoms with Crippen LogP contribution in [0.25, 0.3) is 0 Å². The number of aliphatic hydroxyl groups excluding tert-OH is 1. The fraction of sp³-hybridized carbons (Fsp3) is 0.814. The lowest BCUT2D eigenvalue weighted by Gasteiger charge is -2.47. The van der Waals surface area contributed by atoms with Gasteiger partial charge in [0.1, 0.15) is 24.0 Å². The molecule has 1 aliphatic carbocycles. The lowest BCUT2D eigenvalue weighted by Crippen LogP contribution is -2.64. The van der Waals surface area contributed by atoms with Crippen LogP contribution in [0.1, 0.15) is 112 Å². The van der Waals surface area contributed by atoms with Crippen LogP contribution in [0.15, 0.2) is 23.3 Å². The second-order valence-corrected chi connectivity index (χ2v) is 17.7. The number of nitrogens with zero attached hydrogens (tertiary/aromatic N) is 1. The molecule has 4 aliphatic rings. The first-order valence-electron chi connectivity index (χ1n) is 20.7. The molecule has 13 heteroatoms. The molecular weight excluding hydrogens is 742 g/mol. The van der Waals surface area contributed by atoms with Crippen LogP contribution in [0, 0.1) is 29.6 Å². The molecule has 4 rings (SSSR count). The first-order chi connectivity index (χ1) is 26.5. The zero-order valence-electron chi connectivity index (χ0n) is 35.0. The molecule has 14 atom stereocenters. The number of carbonyl (C=O) groups is 4. The van der Waals surface area contributed by atoms with Gasteiger partial charge in [-0.05, 0) is 95.5 Å². The van der Waals surface area contributed by atoms with Crippen LogP contribution in [-0.2, 0) is 42.9 Å². The van der Waals surface area contributed by atoms with E-state index in [2.05, 4.69) is 6.92 Å². The van der Waals surface area contributed by atoms with E-state index < -0.39 is 77.8 Å². The average molecular weight is 810 g/mol. The first-order valence-corrected chi connectivity index (χ1v) is 21.2. The summed E-state index contributed by atoms with van der Waals surface area (Å²) in [6.07, 6.45) is 5.16. The molecule has 1 saturated carbocycles. The Bertz CT molecular complexity index is 1440. The number of halogens is 1. The highest BCUT2D eigenvalue weighted by Crippen LogP contribution is 2.39. The Morgan fingerprint density at radius 1 is 0.964 bits per heavy atom. The van der Waals surface area contributed by atoms with E-state index in [1.807, 2.05) is 32.9 Å². The number of cyclic esters (lactones) is 1. The first kappa shape index (κ1) is 46.5. The van der Waals surface area contributed by atoms with E-state index in [9.17, 15) is 29.4 Å². The second-order valence-electron chi connectivity index (χ2n) is 17.1. The van der Waals surface area contributed by atoms with Crippen molar-refractivity contribution in [2.24, 2.45) is 29.6 Å². The molecule has 3 aliphatic heterocycles. The Hall–Kier alpha value is -2.19. The summed E-state index contributed by atoms with van der Waals surface area (Å²) >= 11 is 6.52. The number of hydrogen-bond acceptors (Lipinski definition) is 11. The third-order valence-corrected chi connectivity index (χ3v) is 13.3. The van der Waals surface area contributed by atoms with E-state index in [0.29, 0.717) is 44.1 Å². The Kier molecular flexibility index (Phi) is 17.2. The summed E-state index contributed by atoms with van der Waals surface area (Å²) in [6.45, 7) is 11.3. The third kappa shape index (κ3) is 10.9. The zero-order valence-corrected chi connectivity index (χ0v) is 35.8. The summed E-state index contributed by atoms with van der Waals surface area (Å²) < 4.78 is 29.9. The number of piperidine rings is 1. The Morgan fingerprint density at radius 3 is 2.27 bits per heavy atom. The van der Waals surface area contributed by atoms with Crippen LogP contribution < -0.4 is 0 Å². The van der Waals surface area contributed by atoms with E-state index in [-0.39, 0.29) is 54.9 Å². The third-order valence-electron chi connectivity index (χ3n) is 12.8. The number of esters is 1. The van der Waals surface area contributed by atoms with Crippen molar-refractivity contribution in [2.75, 3.05) is 27.9 Å². The van der Waals surface area contributed by atoms with Crippen molar-refractivity contribution in [1.82, 2.24) is 4.90 Å². The molecule has 318 valence electrons. The van der Waals surface area contributed by atoms with Gasteiger partial charge in [0.15, 0.2) is 0 Å². The molecule has 12 nitrogen and oxygen atoms in total. The highest BCUT2D eigenvalue weighted by molar-refractivity contribution is 6.39. The highest BCUT2D eigenvalue weighted by Gasteiger charge is 2.56. The van der Waals surface area contributed by atoms with Crippen molar-refractivity contribution in [3.63, 3.8) is 0 Å². The number of ether oxygens (including phenoxy) is 5. The normalized spacial score (nSPS) is 41.6. The molecule has 56 heavy (non-hydrogen) atoms. The molecule has 0 aromatic carbocycles. The van der Waals surface area contributed by atoms with Gasteiger partial charge in [0, 0.05) is 52.0 Å². The van der Waals surface area contributed by atoms with Crippen molar-refractivity contribution < 1.29 is 53.1 Å². The minimum absolute atomic E-state index is 0.0425. The summed E-state index contributed by atoms with van der Waals surface area (Å²) in [5.74, 6) is -7.31. The fourth-order valence-corrected chi connectivity index (χ4v) is 9.69. The molecule has 0 radical (unpaired) electrons. The van der Waals surface area contributed by atoms with Crippen LogP contribution in [0.4, 0.5) is 0 Å². The molecule has 2 N–H and O–H groups in total. The quantitative estimate of drug-likeness (QED) is 0.146. The molecule has 2 bridgehead atoms. The summed E-state index contributed by atoms with van der Waals surface area (Å²) in [5, 5.41) is 23.6. The van der Waals surface area contributed by atoms with Crippen LogP contribution >= 0.6 is 11.6 Å². The molecule has 3 heterocycles. The van der Waals surface area contributed by atoms with Crippen LogP contribution in [0.2, 0.25) is 0 Å². The van der Waals surface area contributed by atoms with E-state index in [1.165, 1.54) is 19.1 Å². The smallest absolute Gasteiger partial charge is 0.329 e. The number of alkyl halides is 1. The lowest BCUT2D eigenvalue weighted by molar-refractivity contribution is -0.302. The fourth-order valence-electron chi connectivity index (χ4n) is 9.36. The van der Waals surface area contributed by atoms with Crippen molar-refractivity contribution >= 4 is 35.0 Å². The number of methoxy groups -OCH3 is 3. The summed E-state index contributed by atoms with van der Waals surface area (Å²) in [4.78, 5) is 57.7. The maximum absolute atomic E-state index is 14.3. The van der Waals surface area contributed by atoms with Crippen molar-refractivity contribution in [3.8, 4) is 0 Å². The zero-order chi connectivity index (χ0) is 41.5. The second kappa shape index (κ2) is 20.7. The van der Waals surface area contributed by atoms with Gasteiger partial charge >= 0.3 is 5.97 Å². The number of hydrogen-bond donors (Lipinski definition) is 2. The monoisotopic (exact) mass is 809 g/mol. The van der Waals surface area contributed by atoms with Gasteiger partial charge in [0.05, 0.1) is 29.8 Å². The standard InChI is InChI=1S/C43H68ClNO11/c1-10-30-18-24(2)17-25(3)19-36(53-8)39-37(54-9)21-27(5)43(51,56-39)40(48)41(49)45-16-12-11-13-32(45)42(50)55-38(28(6)33(46)23-34(30)47)26(4)20-29-14-15-31(44)35(22-29)52-7/h18,20,25,27-33,35-39,46,51H,10-17,19,21-23H2,1-9H3/b24-18+,26-20+/t25-,27+,28-,29?,30+,31-,32-,33-,35+,36-,37-,38+,39+,43+/m0/s1. The molecule has 3 fully saturated rings. The maximum Gasteiger partial charge on any atom is 0.329 e. The predicted octanol–water partition coefficient (Wildman–Crippen LogP) is 5.72. The van der Waals surface area contributed by atoms with Gasteiger partial charge in [0.2, 0.25) is 5.79 Å². The van der Waals surface area contributed by atoms with Gasteiger partial charge in [-0.25, -0.2) is 4.79 Å². The molecular formula is C43H68ClNO11. The average Bonchev–Trinajstić information content (AvgIpc) is 3.18. The molecule has 0 aromatic rings. The minimum Gasteiger partial charge on any atom is -0.456 e. The van der Waals surface area contributed by atoms with E-state index in [0.717, 1.165) is 18.4 Å². The number of ketones is 2. The number of fused-ring (bicyclic) bond motifs is 3. The van der Waals surface area contributed by atoms with Crippen molar-refractivity contribution in [1.29, 1.82) is 0 Å². The largest absolute Gasteiger partial charge is 0.456 e. The highest BCUT2D eigenvalue weighted by atomic mass is 35.5. The van der Waals surface area contributed by atoms with Gasteiger partial charge in [-0.1, -0.05) is 45.4 Å². The number of Topliss-reactive ketones (excluding diaryl/α,β-unsaturated/α-hetero) is 2. The topological polar surface area (TPSA) is 158 Å². The van der Waals surface area contributed by atoms with Gasteiger partial charge in [0.25, 0.3) is 11.7 Å². The number of amides is 1. The Balaban J connectivity index is 1.76. The minimum atomic E-state index is -2.49. The van der Waals surface area contributed by atoms with Crippen LogP contribution in [-0.4, -0.2) is 120 Å². The number of aliphatic hydroxyl groups is 2. The SMILES string of the molecule is CC[C@@H]1/C=C(\C)C[C@H](C)C[C@H](OC)[C@H]2O[C@@](O)(C(=O)C(=O)N3CCCC[C@H]3C(=O)O[C@H](/C(C)=C/C3CC[C@H](Cl)[C@H](OC)C3)[C@@H](C)[C@@H](O)CC1=O)[C@H](C)C[C@@H]2OC. The summed E-state index contributed by atoms with van der Waals surface area (Å²) in [5.41, 5.74) is 1.71. The predicted molar refractivity (Wildman–Crippen MR) is 212 cm³/mol. The molecule has 1 amide bonds. The van der Waals surface area contributed by atoms with Crippen LogP contribution in [0.5, 0.6) is 0 Å². The van der Waals surface area contributed by atoms with Gasteiger partial charge in [-0.3, -0.25) is 14.4 Å². The van der Waals surface area contributed by atoms with E-state index in [1.54, 1.807) is 21.0 Å². The van der Waals surface area contributed by atoms with Gasteiger partial charge in [-0.2, -0.15) is 0 Å². The van der Waals surface area contributed by atoms with Gasteiger partial charge in [-0.15, -0.1) is 11.6 Å².